The van der Waals surface area contributed by atoms with Crippen molar-refractivity contribution in [2.45, 2.75) is 13.5 Å². The summed E-state index contributed by atoms with van der Waals surface area (Å²) in [5.74, 6) is 0.151. The fourth-order valence-corrected chi connectivity index (χ4v) is 1.91. The third kappa shape index (κ3) is 2.83. The Morgan fingerprint density at radius 2 is 1.82 bits per heavy atom. The molecule has 2 rings (SSSR count). The molecule has 1 aliphatic heterocycles. The molecule has 92 valence electrons. The molecule has 1 aromatic rings. The quantitative estimate of drug-likeness (QED) is 0.700. The summed E-state index contributed by atoms with van der Waals surface area (Å²) in [4.78, 5) is 30.5. The fourth-order valence-electron chi connectivity index (χ4n) is 1.91. The lowest BCUT2D eigenvalue weighted by Crippen LogP contribution is -2.50. The van der Waals surface area contributed by atoms with Gasteiger partial charge in [-0.15, -0.1) is 0 Å². The third-order valence-corrected chi connectivity index (χ3v) is 2.95. The van der Waals surface area contributed by atoms with Crippen molar-refractivity contribution in [3.8, 4) is 0 Å². The first-order valence-corrected chi connectivity index (χ1v) is 5.66. The highest BCUT2D eigenvalue weighted by Crippen LogP contribution is 2.03. The Kier molecular flexibility index (Phi) is 3.41. The molecule has 0 bridgehead atoms. The molecule has 0 unspecified atom stereocenters. The number of hydrogen-bond donors (Lipinski definition) is 0. The summed E-state index contributed by atoms with van der Waals surface area (Å²) in [6.07, 6.45) is 5.05. The third-order valence-electron chi connectivity index (χ3n) is 2.95. The summed E-state index contributed by atoms with van der Waals surface area (Å²) in [5, 5.41) is 0. The maximum atomic E-state index is 11.9. The van der Waals surface area contributed by atoms with Crippen LogP contribution < -0.4 is 0 Å². The van der Waals surface area contributed by atoms with Crippen LogP contribution in [-0.4, -0.2) is 57.3 Å². The second kappa shape index (κ2) is 4.99. The highest BCUT2D eigenvalue weighted by molar-refractivity contribution is 5.77. The van der Waals surface area contributed by atoms with E-state index in [1.54, 1.807) is 40.0 Å². The summed E-state index contributed by atoms with van der Waals surface area (Å²) in [6.45, 7) is 4.37. The number of carbonyl (C=O) groups is 2. The fraction of sp³-hybridized carbons (Fsp3) is 0.545. The molecule has 2 amide bonds. The van der Waals surface area contributed by atoms with Crippen LogP contribution in [0.25, 0.3) is 0 Å². The van der Waals surface area contributed by atoms with E-state index in [2.05, 4.69) is 4.98 Å². The van der Waals surface area contributed by atoms with Gasteiger partial charge in [-0.1, -0.05) is 0 Å². The van der Waals surface area contributed by atoms with Crippen LogP contribution >= 0.6 is 0 Å². The Labute approximate surface area is 99.8 Å². The van der Waals surface area contributed by atoms with Gasteiger partial charge in [0.2, 0.25) is 11.8 Å². The smallest absolute Gasteiger partial charge is 0.242 e. The largest absolute Gasteiger partial charge is 0.339 e. The zero-order valence-electron chi connectivity index (χ0n) is 9.87. The molecule has 0 spiro atoms. The van der Waals surface area contributed by atoms with Crippen LogP contribution in [0.2, 0.25) is 0 Å². The highest BCUT2D eigenvalue weighted by atomic mass is 16.2. The number of rotatable bonds is 2. The molecule has 0 aliphatic carbocycles. The number of imidazole rings is 1. The number of aromatic nitrogens is 2. The minimum absolute atomic E-state index is 0.0752. The van der Waals surface area contributed by atoms with Gasteiger partial charge in [0.25, 0.3) is 0 Å². The molecule has 0 atom stereocenters. The van der Waals surface area contributed by atoms with E-state index in [0.717, 1.165) is 0 Å². The van der Waals surface area contributed by atoms with Gasteiger partial charge >= 0.3 is 0 Å². The van der Waals surface area contributed by atoms with E-state index >= 15 is 0 Å². The van der Waals surface area contributed by atoms with Gasteiger partial charge in [0.15, 0.2) is 0 Å². The van der Waals surface area contributed by atoms with E-state index in [-0.39, 0.29) is 11.8 Å². The Bertz CT molecular complexity index is 394. The standard InChI is InChI=1S/C11H16N4O2/c1-10(16)14-4-6-15(7-5-14)11(17)8-13-3-2-12-9-13/h2-3,9H,4-8H2,1H3. The average Bonchev–Trinajstić information content (AvgIpc) is 2.82. The molecule has 1 saturated heterocycles. The van der Waals surface area contributed by atoms with E-state index in [1.807, 2.05) is 0 Å². The Hall–Kier alpha value is -1.85. The summed E-state index contributed by atoms with van der Waals surface area (Å²) < 4.78 is 1.75. The van der Waals surface area contributed by atoms with E-state index in [0.29, 0.717) is 32.7 Å². The zero-order chi connectivity index (χ0) is 12.3. The summed E-state index contributed by atoms with van der Waals surface area (Å²) in [6, 6.07) is 0. The van der Waals surface area contributed by atoms with Gasteiger partial charge < -0.3 is 14.4 Å². The van der Waals surface area contributed by atoms with Gasteiger partial charge in [0.1, 0.15) is 6.54 Å². The van der Waals surface area contributed by atoms with Gasteiger partial charge in [-0.05, 0) is 0 Å². The van der Waals surface area contributed by atoms with Crippen molar-refractivity contribution < 1.29 is 9.59 Å². The molecule has 6 heteroatoms. The Balaban J connectivity index is 1.84. The Morgan fingerprint density at radius 1 is 1.18 bits per heavy atom. The number of amides is 2. The highest BCUT2D eigenvalue weighted by Gasteiger charge is 2.22. The molecule has 0 radical (unpaired) electrons. The molecule has 2 heterocycles. The number of piperazine rings is 1. The maximum Gasteiger partial charge on any atom is 0.242 e. The molecule has 1 aromatic heterocycles. The normalized spacial score (nSPS) is 16.1. The minimum Gasteiger partial charge on any atom is -0.339 e. The van der Waals surface area contributed by atoms with Crippen molar-refractivity contribution in [1.29, 1.82) is 0 Å². The van der Waals surface area contributed by atoms with Gasteiger partial charge in [-0.25, -0.2) is 4.98 Å². The molecule has 17 heavy (non-hydrogen) atoms. The molecular formula is C11H16N4O2. The summed E-state index contributed by atoms with van der Waals surface area (Å²) >= 11 is 0. The zero-order valence-corrected chi connectivity index (χ0v) is 9.87. The Morgan fingerprint density at radius 3 is 2.35 bits per heavy atom. The first kappa shape index (κ1) is 11.6. The average molecular weight is 236 g/mol. The van der Waals surface area contributed by atoms with Crippen molar-refractivity contribution in [2.75, 3.05) is 26.2 Å². The monoisotopic (exact) mass is 236 g/mol. The van der Waals surface area contributed by atoms with Crippen LogP contribution in [0.1, 0.15) is 6.92 Å². The van der Waals surface area contributed by atoms with E-state index in [9.17, 15) is 9.59 Å². The second-order valence-corrected chi connectivity index (χ2v) is 4.12. The van der Waals surface area contributed by atoms with Crippen LogP contribution in [0.3, 0.4) is 0 Å². The van der Waals surface area contributed by atoms with Crippen molar-refractivity contribution in [1.82, 2.24) is 19.4 Å². The van der Waals surface area contributed by atoms with Crippen molar-refractivity contribution in [3.05, 3.63) is 18.7 Å². The first-order chi connectivity index (χ1) is 8.16. The summed E-state index contributed by atoms with van der Waals surface area (Å²) in [7, 11) is 0. The number of hydrogen-bond acceptors (Lipinski definition) is 3. The van der Waals surface area contributed by atoms with Crippen molar-refractivity contribution in [3.63, 3.8) is 0 Å². The van der Waals surface area contributed by atoms with E-state index in [1.165, 1.54) is 0 Å². The van der Waals surface area contributed by atoms with Gasteiger partial charge in [-0.3, -0.25) is 9.59 Å². The van der Waals surface area contributed by atoms with E-state index < -0.39 is 0 Å². The van der Waals surface area contributed by atoms with Crippen LogP contribution in [-0.2, 0) is 16.1 Å². The van der Waals surface area contributed by atoms with Crippen LogP contribution in [0.15, 0.2) is 18.7 Å². The molecule has 0 saturated carbocycles. The molecule has 1 aliphatic rings. The lowest BCUT2D eigenvalue weighted by atomic mass is 10.3. The van der Waals surface area contributed by atoms with Crippen molar-refractivity contribution in [2.24, 2.45) is 0 Å². The molecule has 1 fully saturated rings. The summed E-state index contributed by atoms with van der Waals surface area (Å²) in [5.41, 5.74) is 0. The predicted octanol–water partition coefficient (Wildman–Crippen LogP) is -0.426. The van der Waals surface area contributed by atoms with Gasteiger partial charge in [-0.2, -0.15) is 0 Å². The lowest BCUT2D eigenvalue weighted by molar-refractivity contribution is -0.138. The molecule has 0 aromatic carbocycles. The molecular weight excluding hydrogens is 220 g/mol. The van der Waals surface area contributed by atoms with Crippen molar-refractivity contribution >= 4 is 11.8 Å². The van der Waals surface area contributed by atoms with Crippen LogP contribution in [0.5, 0.6) is 0 Å². The SMILES string of the molecule is CC(=O)N1CCN(C(=O)Cn2ccnc2)CC1. The van der Waals surface area contributed by atoms with Crippen LogP contribution in [0.4, 0.5) is 0 Å². The molecule has 6 nitrogen and oxygen atoms in total. The maximum absolute atomic E-state index is 11.9. The van der Waals surface area contributed by atoms with Gasteiger partial charge in [0.05, 0.1) is 6.33 Å². The topological polar surface area (TPSA) is 58.4 Å². The second-order valence-electron chi connectivity index (χ2n) is 4.12. The molecule has 0 N–H and O–H groups in total. The van der Waals surface area contributed by atoms with Crippen LogP contribution in [0, 0.1) is 0 Å². The minimum atomic E-state index is 0.0752. The lowest BCUT2D eigenvalue weighted by Gasteiger charge is -2.34. The van der Waals surface area contributed by atoms with E-state index in [4.69, 9.17) is 0 Å². The van der Waals surface area contributed by atoms with Gasteiger partial charge in [0, 0.05) is 45.5 Å². The predicted molar refractivity (Wildman–Crippen MR) is 61.1 cm³/mol. The first-order valence-electron chi connectivity index (χ1n) is 5.66. The number of carbonyl (C=O) groups excluding carboxylic acids is 2. The number of nitrogens with zero attached hydrogens (tertiary/aromatic N) is 4.